The highest BCUT2D eigenvalue weighted by atomic mass is 32.1. The Morgan fingerprint density at radius 3 is 2.85 bits per heavy atom. The number of carbonyl (C=O) groups excluding carboxylic acids is 2. The van der Waals surface area contributed by atoms with Crippen LogP contribution in [0.15, 0.2) is 36.4 Å². The number of likely N-dealkylation sites (tertiary alicyclic amines) is 1. The van der Waals surface area contributed by atoms with Gasteiger partial charge in [0.2, 0.25) is 11.8 Å². The van der Waals surface area contributed by atoms with Crippen LogP contribution in [0.1, 0.15) is 26.7 Å². The number of hydrogen-bond acceptors (Lipinski definition) is 4. The van der Waals surface area contributed by atoms with Crippen LogP contribution in [0.2, 0.25) is 0 Å². The third kappa shape index (κ3) is 2.94. The van der Waals surface area contributed by atoms with Crippen LogP contribution in [0, 0.1) is 5.92 Å². The molecule has 5 nitrogen and oxygen atoms in total. The van der Waals surface area contributed by atoms with Crippen molar-refractivity contribution < 1.29 is 9.59 Å². The average molecular weight is 367 g/mol. The minimum Gasteiger partial charge on any atom is -0.330 e. The maximum Gasteiger partial charge on any atom is 0.248 e. The molecule has 1 N–H and O–H groups in total. The van der Waals surface area contributed by atoms with E-state index < -0.39 is 6.04 Å². The summed E-state index contributed by atoms with van der Waals surface area (Å²) in [4.78, 5) is 31.4. The third-order valence-corrected chi connectivity index (χ3v) is 5.78. The lowest BCUT2D eigenvalue weighted by atomic mass is 10.1. The molecule has 0 spiro atoms. The monoisotopic (exact) mass is 367 g/mol. The molecule has 1 aromatic heterocycles. The first kappa shape index (κ1) is 17.0. The summed E-state index contributed by atoms with van der Waals surface area (Å²) >= 11 is 1.47. The van der Waals surface area contributed by atoms with E-state index in [1.54, 1.807) is 4.90 Å². The number of thiazole rings is 1. The Balaban J connectivity index is 1.60. The van der Waals surface area contributed by atoms with Crippen LogP contribution in [-0.2, 0) is 9.59 Å². The molecule has 2 heterocycles. The van der Waals surface area contributed by atoms with Crippen molar-refractivity contribution in [2.45, 2.75) is 32.7 Å². The number of nitrogens with one attached hydrogen (secondary N) is 1. The molecule has 6 heteroatoms. The van der Waals surface area contributed by atoms with Gasteiger partial charge in [-0.3, -0.25) is 9.59 Å². The summed E-state index contributed by atoms with van der Waals surface area (Å²) in [6, 6.07) is 11.8. The minimum atomic E-state index is -0.395. The number of rotatable bonds is 3. The van der Waals surface area contributed by atoms with E-state index in [-0.39, 0.29) is 17.7 Å². The van der Waals surface area contributed by atoms with Crippen LogP contribution in [0.4, 0.5) is 5.13 Å². The fourth-order valence-electron chi connectivity index (χ4n) is 3.54. The fourth-order valence-corrected chi connectivity index (χ4v) is 4.42. The molecule has 1 aliphatic heterocycles. The highest BCUT2D eigenvalue weighted by Gasteiger charge is 2.35. The summed E-state index contributed by atoms with van der Waals surface area (Å²) < 4.78 is 1.04. The van der Waals surface area contributed by atoms with Crippen molar-refractivity contribution in [3.8, 4) is 0 Å². The Hall–Kier alpha value is -2.47. The molecule has 2 amide bonds. The van der Waals surface area contributed by atoms with E-state index in [1.807, 2.05) is 38.1 Å². The number of carbonyl (C=O) groups is 2. The molecular weight excluding hydrogens is 346 g/mol. The molecule has 26 heavy (non-hydrogen) atoms. The second-order valence-corrected chi connectivity index (χ2v) is 8.02. The van der Waals surface area contributed by atoms with Crippen molar-refractivity contribution in [2.24, 2.45) is 5.92 Å². The van der Waals surface area contributed by atoms with Gasteiger partial charge in [0.05, 0.1) is 10.2 Å². The van der Waals surface area contributed by atoms with Crippen molar-refractivity contribution in [3.05, 3.63) is 36.4 Å². The first-order valence-corrected chi connectivity index (χ1v) is 9.76. The van der Waals surface area contributed by atoms with Crippen LogP contribution in [-0.4, -0.2) is 34.3 Å². The van der Waals surface area contributed by atoms with Gasteiger partial charge in [0.25, 0.3) is 0 Å². The molecule has 1 atom stereocenters. The minimum absolute atomic E-state index is 0.0398. The molecule has 1 saturated heterocycles. The summed E-state index contributed by atoms with van der Waals surface area (Å²) in [5, 5.41) is 5.74. The molecular formula is C20H21N3O2S. The van der Waals surface area contributed by atoms with Crippen molar-refractivity contribution in [3.63, 3.8) is 0 Å². The Morgan fingerprint density at radius 1 is 1.23 bits per heavy atom. The largest absolute Gasteiger partial charge is 0.330 e. The first-order chi connectivity index (χ1) is 12.5. The topological polar surface area (TPSA) is 62.3 Å². The summed E-state index contributed by atoms with van der Waals surface area (Å²) in [6.07, 6.45) is 1.57. The Labute approximate surface area is 156 Å². The number of benzene rings is 2. The maximum absolute atomic E-state index is 12.8. The number of anilines is 1. The Kier molecular flexibility index (Phi) is 4.36. The number of amides is 2. The van der Waals surface area contributed by atoms with Crippen LogP contribution in [0.25, 0.3) is 21.0 Å². The summed E-state index contributed by atoms with van der Waals surface area (Å²) in [5.74, 6) is -0.199. The van der Waals surface area contributed by atoms with Gasteiger partial charge in [0.1, 0.15) is 6.04 Å². The zero-order valence-corrected chi connectivity index (χ0v) is 15.7. The van der Waals surface area contributed by atoms with Gasteiger partial charge in [-0.1, -0.05) is 55.5 Å². The van der Waals surface area contributed by atoms with E-state index in [0.29, 0.717) is 18.1 Å². The smallest absolute Gasteiger partial charge is 0.248 e. The molecule has 0 aliphatic carbocycles. The van der Waals surface area contributed by atoms with Crippen molar-refractivity contribution in [2.75, 3.05) is 11.9 Å². The molecule has 0 bridgehead atoms. The normalized spacial score (nSPS) is 17.3. The van der Waals surface area contributed by atoms with Gasteiger partial charge in [0.15, 0.2) is 5.13 Å². The van der Waals surface area contributed by atoms with E-state index in [4.69, 9.17) is 0 Å². The van der Waals surface area contributed by atoms with E-state index in [2.05, 4.69) is 22.4 Å². The van der Waals surface area contributed by atoms with Gasteiger partial charge in [-0.05, 0) is 24.3 Å². The average Bonchev–Trinajstić information content (AvgIpc) is 3.27. The van der Waals surface area contributed by atoms with Crippen LogP contribution in [0.5, 0.6) is 0 Å². The fraction of sp³-hybridized carbons (Fsp3) is 0.350. The highest BCUT2D eigenvalue weighted by Crippen LogP contribution is 2.32. The molecule has 1 fully saturated rings. The zero-order valence-electron chi connectivity index (χ0n) is 14.9. The quantitative estimate of drug-likeness (QED) is 0.760. The lowest BCUT2D eigenvalue weighted by Crippen LogP contribution is -2.44. The van der Waals surface area contributed by atoms with Gasteiger partial charge in [-0.15, -0.1) is 0 Å². The Morgan fingerprint density at radius 2 is 2.04 bits per heavy atom. The molecule has 134 valence electrons. The summed E-state index contributed by atoms with van der Waals surface area (Å²) in [5.41, 5.74) is 0.907. The molecule has 4 rings (SSSR count). The van der Waals surface area contributed by atoms with E-state index in [0.717, 1.165) is 27.4 Å². The van der Waals surface area contributed by atoms with Gasteiger partial charge in [-0.2, -0.15) is 0 Å². The van der Waals surface area contributed by atoms with Crippen LogP contribution in [0.3, 0.4) is 0 Å². The van der Waals surface area contributed by atoms with Crippen molar-refractivity contribution in [1.29, 1.82) is 0 Å². The van der Waals surface area contributed by atoms with E-state index in [9.17, 15) is 9.59 Å². The lowest BCUT2D eigenvalue weighted by molar-refractivity contribution is -0.139. The van der Waals surface area contributed by atoms with Crippen LogP contribution >= 0.6 is 11.3 Å². The predicted octanol–water partition coefficient (Wildman–Crippen LogP) is 4.04. The molecule has 3 aromatic rings. The SMILES string of the molecule is CC(C)C(=O)N1CCCC1C(=O)Nc1nc2c(ccc3ccccc32)s1. The zero-order chi connectivity index (χ0) is 18.3. The highest BCUT2D eigenvalue weighted by molar-refractivity contribution is 7.22. The summed E-state index contributed by atoms with van der Waals surface area (Å²) in [7, 11) is 0. The Bertz CT molecular complexity index is 995. The molecule has 0 radical (unpaired) electrons. The summed E-state index contributed by atoms with van der Waals surface area (Å²) in [6.45, 7) is 4.39. The second-order valence-electron chi connectivity index (χ2n) is 6.99. The van der Waals surface area contributed by atoms with Crippen LogP contribution < -0.4 is 5.32 Å². The van der Waals surface area contributed by atoms with Crippen molar-refractivity contribution >= 4 is 49.3 Å². The second kappa shape index (κ2) is 6.68. The van der Waals surface area contributed by atoms with Gasteiger partial charge in [0, 0.05) is 17.8 Å². The molecule has 1 unspecified atom stereocenters. The number of aromatic nitrogens is 1. The van der Waals surface area contributed by atoms with Gasteiger partial charge >= 0.3 is 0 Å². The third-order valence-electron chi connectivity index (χ3n) is 4.85. The molecule has 0 saturated carbocycles. The van der Waals surface area contributed by atoms with E-state index >= 15 is 0 Å². The van der Waals surface area contributed by atoms with Crippen molar-refractivity contribution in [1.82, 2.24) is 9.88 Å². The number of hydrogen-bond donors (Lipinski definition) is 1. The van der Waals surface area contributed by atoms with Gasteiger partial charge < -0.3 is 10.2 Å². The van der Waals surface area contributed by atoms with Gasteiger partial charge in [-0.25, -0.2) is 4.98 Å². The predicted molar refractivity (Wildman–Crippen MR) is 105 cm³/mol. The molecule has 2 aromatic carbocycles. The van der Waals surface area contributed by atoms with E-state index in [1.165, 1.54) is 11.3 Å². The standard InChI is InChI=1S/C20H21N3O2S/c1-12(2)19(25)23-11-5-8-15(23)18(24)22-20-21-17-14-7-4-3-6-13(14)9-10-16(17)26-20/h3-4,6-7,9-10,12,15H,5,8,11H2,1-2H3,(H,21,22,24). The lowest BCUT2D eigenvalue weighted by Gasteiger charge is -2.25. The number of nitrogens with zero attached hydrogens (tertiary/aromatic N) is 2. The maximum atomic E-state index is 12.8. The molecule has 1 aliphatic rings. The first-order valence-electron chi connectivity index (χ1n) is 8.94. The number of fused-ring (bicyclic) bond motifs is 3.